The number of carbonyl (C=O) groups is 2. The Morgan fingerprint density at radius 3 is 2.50 bits per heavy atom. The number of hydrogen-bond acceptors (Lipinski definition) is 6. The summed E-state index contributed by atoms with van der Waals surface area (Å²) in [5, 5.41) is 15.8. The van der Waals surface area contributed by atoms with E-state index >= 15 is 0 Å². The van der Waals surface area contributed by atoms with Crippen LogP contribution in [0.25, 0.3) is 0 Å². The Labute approximate surface area is 174 Å². The van der Waals surface area contributed by atoms with Crippen LogP contribution in [0.3, 0.4) is 0 Å². The van der Waals surface area contributed by atoms with E-state index in [1.807, 2.05) is 6.07 Å². The number of likely N-dealkylation sites (tertiary alicyclic amines) is 1. The van der Waals surface area contributed by atoms with Crippen LogP contribution in [-0.2, 0) is 14.4 Å². The molecule has 2 heterocycles. The van der Waals surface area contributed by atoms with E-state index < -0.39 is 47.1 Å². The highest BCUT2D eigenvalue weighted by Gasteiger charge is 2.58. The lowest BCUT2D eigenvalue weighted by atomic mass is 9.69. The molecule has 3 N–H and O–H groups in total. The van der Waals surface area contributed by atoms with Gasteiger partial charge in [0.1, 0.15) is 11.1 Å². The minimum absolute atomic E-state index is 0.176. The molecule has 0 aromatic heterocycles. The number of amides is 2. The fourth-order valence-electron chi connectivity index (χ4n) is 4.60. The smallest absolute Gasteiger partial charge is 0.266 e. The zero-order valence-electron chi connectivity index (χ0n) is 17.4. The van der Waals surface area contributed by atoms with Gasteiger partial charge in [-0.3, -0.25) is 9.59 Å². The molecule has 10 heteroatoms. The maximum atomic E-state index is 14.1. The van der Waals surface area contributed by atoms with Gasteiger partial charge in [-0.2, -0.15) is 5.26 Å². The highest BCUT2D eigenvalue weighted by atomic mass is 19.3. The summed E-state index contributed by atoms with van der Waals surface area (Å²) < 4.78 is 28.2. The van der Waals surface area contributed by atoms with Crippen LogP contribution >= 0.6 is 0 Å². The molecule has 30 heavy (non-hydrogen) atoms. The lowest BCUT2D eigenvalue weighted by Gasteiger charge is -2.43. The minimum Gasteiger partial charge on any atom is -0.388 e. The Morgan fingerprint density at radius 2 is 2.03 bits per heavy atom. The van der Waals surface area contributed by atoms with E-state index in [1.54, 1.807) is 0 Å². The molecule has 2 atom stereocenters. The molecule has 0 bridgehead atoms. The van der Waals surface area contributed by atoms with Crippen LogP contribution in [0, 0.1) is 23.2 Å². The van der Waals surface area contributed by atoms with Gasteiger partial charge in [-0.1, -0.05) is 12.1 Å². The van der Waals surface area contributed by atoms with Gasteiger partial charge in [0.25, 0.3) is 5.91 Å². The van der Waals surface area contributed by atoms with Gasteiger partial charge in [0.05, 0.1) is 17.9 Å². The highest BCUT2D eigenvalue weighted by Crippen LogP contribution is 2.46. The Morgan fingerprint density at radius 1 is 1.40 bits per heavy atom. The predicted octanol–water partition coefficient (Wildman–Crippen LogP) is 1.55. The van der Waals surface area contributed by atoms with Gasteiger partial charge < -0.3 is 20.8 Å². The maximum Gasteiger partial charge on any atom is 0.266 e. The molecule has 0 radical (unpaired) electrons. The highest BCUT2D eigenvalue weighted by molar-refractivity contribution is 6.40. The molecular formula is C20H29F2N5O3. The molecule has 1 saturated carbocycles. The van der Waals surface area contributed by atoms with Crippen molar-refractivity contribution in [1.82, 2.24) is 10.2 Å². The van der Waals surface area contributed by atoms with E-state index in [0.717, 1.165) is 19.9 Å². The molecule has 1 spiro atoms. The Balaban J connectivity index is 1.92. The fourth-order valence-corrected chi connectivity index (χ4v) is 4.60. The first-order valence-electron chi connectivity index (χ1n) is 10.4. The monoisotopic (exact) mass is 425 g/mol. The van der Waals surface area contributed by atoms with E-state index in [-0.39, 0.29) is 5.71 Å². The number of hydrogen-bond donors (Lipinski definition) is 2. The van der Waals surface area contributed by atoms with Crippen molar-refractivity contribution < 1.29 is 23.2 Å². The van der Waals surface area contributed by atoms with E-state index in [0.29, 0.717) is 38.8 Å². The molecule has 3 rings (SSSR count). The van der Waals surface area contributed by atoms with E-state index in [2.05, 4.69) is 22.3 Å². The lowest BCUT2D eigenvalue weighted by molar-refractivity contribution is -0.140. The van der Waals surface area contributed by atoms with Crippen LogP contribution in [0.1, 0.15) is 52.4 Å². The second-order valence-electron chi connectivity index (χ2n) is 8.88. The fraction of sp³-hybridized carbons (Fsp3) is 0.800. The molecule has 1 unspecified atom stereocenters. The van der Waals surface area contributed by atoms with E-state index in [9.17, 15) is 23.6 Å². The summed E-state index contributed by atoms with van der Waals surface area (Å²) in [6.45, 7) is 4.99. The van der Waals surface area contributed by atoms with Gasteiger partial charge in [0.15, 0.2) is 5.71 Å². The Kier molecular flexibility index (Phi) is 6.05. The number of nitrogens with two attached hydrogens (primary N) is 1. The normalized spacial score (nSPS) is 25.7. The SMILES string of the molecule is CCCN1CCC2(CC1)ON=C(C(N)=O)C2[C@H](CC(C)(F)F)C(=O)NC1(C#N)CC1. The van der Waals surface area contributed by atoms with Crippen molar-refractivity contribution in [3.63, 3.8) is 0 Å². The molecule has 0 aromatic rings. The van der Waals surface area contributed by atoms with Crippen molar-refractivity contribution in [2.24, 2.45) is 22.7 Å². The minimum atomic E-state index is -3.17. The van der Waals surface area contributed by atoms with Crippen molar-refractivity contribution in [3.05, 3.63) is 0 Å². The van der Waals surface area contributed by atoms with Gasteiger partial charge >= 0.3 is 0 Å². The average molecular weight is 425 g/mol. The van der Waals surface area contributed by atoms with Gasteiger partial charge in [-0.15, -0.1) is 0 Å². The molecule has 166 valence electrons. The number of oxime groups is 1. The summed E-state index contributed by atoms with van der Waals surface area (Å²) >= 11 is 0. The van der Waals surface area contributed by atoms with Crippen LogP contribution in [0.15, 0.2) is 5.16 Å². The summed E-state index contributed by atoms with van der Waals surface area (Å²) in [4.78, 5) is 33.1. The first-order chi connectivity index (χ1) is 14.0. The summed E-state index contributed by atoms with van der Waals surface area (Å²) in [6.07, 6.45) is 2.02. The summed E-state index contributed by atoms with van der Waals surface area (Å²) in [5.41, 5.74) is 3.26. The molecule has 2 fully saturated rings. The molecule has 2 amide bonds. The second kappa shape index (κ2) is 8.10. The third kappa shape index (κ3) is 4.56. The number of carbonyl (C=O) groups excluding carboxylic acids is 2. The van der Waals surface area contributed by atoms with Gasteiger partial charge in [-0.05, 0) is 32.7 Å². The number of piperidine rings is 1. The van der Waals surface area contributed by atoms with Crippen LogP contribution in [-0.4, -0.2) is 59.1 Å². The number of alkyl halides is 2. The topological polar surface area (TPSA) is 121 Å². The van der Waals surface area contributed by atoms with Crippen molar-refractivity contribution in [1.29, 1.82) is 5.26 Å². The zero-order valence-corrected chi connectivity index (χ0v) is 17.4. The number of halogens is 2. The number of nitrogens with zero attached hydrogens (tertiary/aromatic N) is 3. The first kappa shape index (κ1) is 22.4. The molecule has 0 aromatic carbocycles. The lowest BCUT2D eigenvalue weighted by Crippen LogP contribution is -2.56. The van der Waals surface area contributed by atoms with Crippen LogP contribution in [0.5, 0.6) is 0 Å². The van der Waals surface area contributed by atoms with Crippen molar-refractivity contribution in [3.8, 4) is 6.07 Å². The van der Waals surface area contributed by atoms with Gasteiger partial charge in [0, 0.05) is 32.4 Å². The Hall–Kier alpha value is -2.28. The van der Waals surface area contributed by atoms with Crippen molar-refractivity contribution in [2.75, 3.05) is 19.6 Å². The molecule has 2 aliphatic heterocycles. The van der Waals surface area contributed by atoms with E-state index in [4.69, 9.17) is 10.6 Å². The van der Waals surface area contributed by atoms with Crippen molar-refractivity contribution in [2.45, 2.75) is 69.4 Å². The molecule has 1 saturated heterocycles. The molecular weight excluding hydrogens is 396 g/mol. The summed E-state index contributed by atoms with van der Waals surface area (Å²) in [5.74, 6) is -7.01. The van der Waals surface area contributed by atoms with Crippen molar-refractivity contribution >= 4 is 17.5 Å². The number of nitriles is 1. The number of nitrogens with one attached hydrogen (secondary N) is 1. The number of rotatable bonds is 8. The number of primary amides is 1. The van der Waals surface area contributed by atoms with Gasteiger partial charge in [-0.25, -0.2) is 8.78 Å². The summed E-state index contributed by atoms with van der Waals surface area (Å²) in [7, 11) is 0. The quantitative estimate of drug-likeness (QED) is 0.611. The average Bonchev–Trinajstić information content (AvgIpc) is 3.35. The van der Waals surface area contributed by atoms with Crippen LogP contribution in [0.4, 0.5) is 8.78 Å². The molecule has 8 nitrogen and oxygen atoms in total. The predicted molar refractivity (Wildman–Crippen MR) is 104 cm³/mol. The zero-order chi connectivity index (χ0) is 22.2. The van der Waals surface area contributed by atoms with Crippen LogP contribution < -0.4 is 11.1 Å². The van der Waals surface area contributed by atoms with Crippen LogP contribution in [0.2, 0.25) is 0 Å². The molecule has 1 aliphatic carbocycles. The summed E-state index contributed by atoms with van der Waals surface area (Å²) in [6, 6.07) is 2.04. The standard InChI is InChI=1S/C20H29F2N5O3/c1-3-8-27-9-6-20(7-10-27)14(15(16(24)28)26-30-20)13(11-18(2,21)22)17(29)25-19(12-23)4-5-19/h13-14H,3-11H2,1-2H3,(H2,24,28)(H,25,29)/t13-,14?/m0/s1. The first-order valence-corrected chi connectivity index (χ1v) is 10.4. The third-order valence-electron chi connectivity index (χ3n) is 6.33. The molecule has 3 aliphatic rings. The largest absolute Gasteiger partial charge is 0.388 e. The second-order valence-corrected chi connectivity index (χ2v) is 8.88. The third-order valence-corrected chi connectivity index (χ3v) is 6.33. The van der Waals surface area contributed by atoms with E-state index in [1.165, 1.54) is 0 Å². The maximum absolute atomic E-state index is 14.1. The van der Waals surface area contributed by atoms with Gasteiger partial charge in [0.2, 0.25) is 11.8 Å². The Bertz CT molecular complexity index is 761.